The van der Waals surface area contributed by atoms with Crippen LogP contribution < -0.4 is 15.5 Å². The molecule has 2 amide bonds. The molecule has 128 valence electrons. The molecule has 23 heavy (non-hydrogen) atoms. The van der Waals surface area contributed by atoms with E-state index in [1.165, 1.54) is 5.69 Å². The number of carbonyl (C=O) groups is 1. The minimum Gasteiger partial charge on any atom is -0.371 e. The highest BCUT2D eigenvalue weighted by atomic mass is 16.2. The number of amides is 2. The first-order valence-corrected chi connectivity index (χ1v) is 8.77. The summed E-state index contributed by atoms with van der Waals surface area (Å²) < 4.78 is 0. The average molecular weight is 318 g/mol. The van der Waals surface area contributed by atoms with E-state index in [2.05, 4.69) is 53.4 Å². The number of nitrogens with zero attached hydrogens (tertiary/aromatic N) is 2. The van der Waals surface area contributed by atoms with Crippen molar-refractivity contribution >= 4 is 11.7 Å². The van der Waals surface area contributed by atoms with Gasteiger partial charge in [-0.2, -0.15) is 0 Å². The number of hydrogen-bond acceptors (Lipinski definition) is 3. The fourth-order valence-corrected chi connectivity index (χ4v) is 2.93. The van der Waals surface area contributed by atoms with E-state index >= 15 is 0 Å². The second-order valence-electron chi connectivity index (χ2n) is 6.74. The van der Waals surface area contributed by atoms with Gasteiger partial charge in [-0.25, -0.2) is 4.79 Å². The summed E-state index contributed by atoms with van der Waals surface area (Å²) in [4.78, 5) is 18.5. The van der Waals surface area contributed by atoms with Crippen LogP contribution in [-0.2, 0) is 0 Å². The number of rotatable bonds is 6. The van der Waals surface area contributed by atoms with Crippen LogP contribution in [0.1, 0.15) is 46.5 Å². The maximum Gasteiger partial charge on any atom is 0.315 e. The average Bonchev–Trinajstić information content (AvgIpc) is 2.61. The molecule has 1 aliphatic heterocycles. The van der Waals surface area contributed by atoms with Crippen LogP contribution in [0.2, 0.25) is 0 Å². The third kappa shape index (κ3) is 5.12. The van der Waals surface area contributed by atoms with Gasteiger partial charge < -0.3 is 15.5 Å². The number of hydrogen-bond donors (Lipinski definition) is 2. The van der Waals surface area contributed by atoms with Gasteiger partial charge in [0.25, 0.3) is 0 Å². The van der Waals surface area contributed by atoms with E-state index in [1.54, 1.807) is 0 Å². The number of piperidine rings is 1. The van der Waals surface area contributed by atoms with Crippen molar-refractivity contribution in [3.05, 3.63) is 24.5 Å². The van der Waals surface area contributed by atoms with Gasteiger partial charge in [0.15, 0.2) is 0 Å². The summed E-state index contributed by atoms with van der Waals surface area (Å²) in [6.07, 6.45) is 7.79. The molecule has 2 N–H and O–H groups in total. The lowest BCUT2D eigenvalue weighted by atomic mass is 9.95. The van der Waals surface area contributed by atoms with Crippen LogP contribution in [0.15, 0.2) is 24.5 Å². The Balaban J connectivity index is 1.71. The SMILES string of the molecule is CCC(C)(CC)NC(=O)NCC1CCN(c2ccncc2)CC1. The topological polar surface area (TPSA) is 57.3 Å². The van der Waals surface area contributed by atoms with E-state index in [4.69, 9.17) is 0 Å². The first-order chi connectivity index (χ1) is 11.1. The molecule has 0 saturated carbocycles. The molecule has 0 unspecified atom stereocenters. The number of carbonyl (C=O) groups excluding carboxylic acids is 1. The minimum absolute atomic E-state index is 0.0345. The summed E-state index contributed by atoms with van der Waals surface area (Å²) in [5.41, 5.74) is 1.14. The number of aromatic nitrogens is 1. The van der Waals surface area contributed by atoms with Gasteiger partial charge >= 0.3 is 6.03 Å². The van der Waals surface area contributed by atoms with Crippen LogP contribution in [0.25, 0.3) is 0 Å². The summed E-state index contributed by atoms with van der Waals surface area (Å²) in [7, 11) is 0. The zero-order valence-corrected chi connectivity index (χ0v) is 14.6. The number of pyridine rings is 1. The Morgan fingerprint density at radius 3 is 2.43 bits per heavy atom. The van der Waals surface area contributed by atoms with Crippen molar-refractivity contribution < 1.29 is 4.79 Å². The monoisotopic (exact) mass is 318 g/mol. The highest BCUT2D eigenvalue weighted by molar-refractivity contribution is 5.74. The summed E-state index contributed by atoms with van der Waals surface area (Å²) in [6, 6.07) is 4.08. The molecule has 0 aliphatic carbocycles. The predicted octanol–water partition coefficient (Wildman–Crippen LogP) is 3.18. The second-order valence-corrected chi connectivity index (χ2v) is 6.74. The molecule has 0 radical (unpaired) electrons. The Morgan fingerprint density at radius 2 is 1.87 bits per heavy atom. The number of anilines is 1. The van der Waals surface area contributed by atoms with Crippen LogP contribution >= 0.6 is 0 Å². The van der Waals surface area contributed by atoms with Gasteiger partial charge in [-0.1, -0.05) is 13.8 Å². The van der Waals surface area contributed by atoms with Gasteiger partial charge in [-0.15, -0.1) is 0 Å². The zero-order valence-electron chi connectivity index (χ0n) is 14.6. The molecule has 0 aromatic carbocycles. The van der Waals surface area contributed by atoms with E-state index in [1.807, 2.05) is 12.4 Å². The van der Waals surface area contributed by atoms with Crippen molar-refractivity contribution in [3.63, 3.8) is 0 Å². The molecule has 1 fully saturated rings. The van der Waals surface area contributed by atoms with Crippen molar-refractivity contribution in [2.75, 3.05) is 24.5 Å². The van der Waals surface area contributed by atoms with E-state index in [-0.39, 0.29) is 11.6 Å². The van der Waals surface area contributed by atoms with E-state index < -0.39 is 0 Å². The molecule has 5 nitrogen and oxygen atoms in total. The second kappa shape index (κ2) is 8.18. The van der Waals surface area contributed by atoms with Gasteiger partial charge in [0.1, 0.15) is 0 Å². The van der Waals surface area contributed by atoms with Crippen molar-refractivity contribution in [2.45, 2.75) is 52.0 Å². The number of urea groups is 1. The van der Waals surface area contributed by atoms with Crippen LogP contribution in [0.3, 0.4) is 0 Å². The molecular weight excluding hydrogens is 288 g/mol. The molecular formula is C18H30N4O. The first kappa shape index (κ1) is 17.6. The standard InChI is InChI=1S/C18H30N4O/c1-4-18(3,5-2)21-17(23)20-14-15-8-12-22(13-9-15)16-6-10-19-11-7-16/h6-7,10-11,15H,4-5,8-9,12-14H2,1-3H3,(H2,20,21,23). The molecule has 1 saturated heterocycles. The molecule has 5 heteroatoms. The Hall–Kier alpha value is -1.78. The highest BCUT2D eigenvalue weighted by Gasteiger charge is 2.23. The molecule has 0 bridgehead atoms. The van der Waals surface area contributed by atoms with Gasteiger partial charge in [-0.05, 0) is 50.7 Å². The lowest BCUT2D eigenvalue weighted by molar-refractivity contribution is 0.221. The van der Waals surface area contributed by atoms with E-state index in [0.29, 0.717) is 5.92 Å². The molecule has 1 aliphatic rings. The fourth-order valence-electron chi connectivity index (χ4n) is 2.93. The number of nitrogens with one attached hydrogen (secondary N) is 2. The molecule has 0 atom stereocenters. The molecule has 2 heterocycles. The van der Waals surface area contributed by atoms with E-state index in [0.717, 1.165) is 45.3 Å². The predicted molar refractivity (Wildman–Crippen MR) is 94.7 cm³/mol. The third-order valence-corrected chi connectivity index (χ3v) is 5.17. The molecule has 0 spiro atoms. The Kier molecular flexibility index (Phi) is 6.25. The van der Waals surface area contributed by atoms with Crippen molar-refractivity contribution in [1.82, 2.24) is 15.6 Å². The summed E-state index contributed by atoms with van der Waals surface area (Å²) in [6.45, 7) is 9.16. The lowest BCUT2D eigenvalue weighted by Gasteiger charge is -2.34. The van der Waals surface area contributed by atoms with E-state index in [9.17, 15) is 4.79 Å². The maximum atomic E-state index is 12.1. The smallest absolute Gasteiger partial charge is 0.315 e. The Bertz CT molecular complexity index is 479. The van der Waals surface area contributed by atoms with Crippen molar-refractivity contribution in [3.8, 4) is 0 Å². The highest BCUT2D eigenvalue weighted by Crippen LogP contribution is 2.22. The van der Waals surface area contributed by atoms with Gasteiger partial charge in [-0.3, -0.25) is 4.98 Å². The third-order valence-electron chi connectivity index (χ3n) is 5.17. The Morgan fingerprint density at radius 1 is 1.26 bits per heavy atom. The minimum atomic E-state index is -0.102. The zero-order chi connectivity index (χ0) is 16.7. The largest absolute Gasteiger partial charge is 0.371 e. The van der Waals surface area contributed by atoms with Crippen LogP contribution in [-0.4, -0.2) is 36.2 Å². The summed E-state index contributed by atoms with van der Waals surface area (Å²) in [5.74, 6) is 0.563. The van der Waals surface area contributed by atoms with Crippen LogP contribution in [0.5, 0.6) is 0 Å². The fraction of sp³-hybridized carbons (Fsp3) is 0.667. The Labute approximate surface area is 139 Å². The molecule has 2 rings (SSSR count). The first-order valence-electron chi connectivity index (χ1n) is 8.77. The lowest BCUT2D eigenvalue weighted by Crippen LogP contribution is -2.50. The van der Waals surface area contributed by atoms with Gasteiger partial charge in [0.05, 0.1) is 0 Å². The maximum absolute atomic E-state index is 12.1. The van der Waals surface area contributed by atoms with Crippen molar-refractivity contribution in [1.29, 1.82) is 0 Å². The molecule has 1 aromatic rings. The summed E-state index contributed by atoms with van der Waals surface area (Å²) >= 11 is 0. The van der Waals surface area contributed by atoms with Gasteiger partial charge in [0, 0.05) is 43.3 Å². The van der Waals surface area contributed by atoms with Gasteiger partial charge in [0.2, 0.25) is 0 Å². The van der Waals surface area contributed by atoms with Crippen molar-refractivity contribution in [2.24, 2.45) is 5.92 Å². The molecule has 1 aromatic heterocycles. The quantitative estimate of drug-likeness (QED) is 0.847. The summed E-state index contributed by atoms with van der Waals surface area (Å²) in [5, 5.41) is 6.15. The normalized spacial score (nSPS) is 16.2. The van der Waals surface area contributed by atoms with Crippen LogP contribution in [0.4, 0.5) is 10.5 Å². The van der Waals surface area contributed by atoms with Crippen LogP contribution in [0, 0.1) is 5.92 Å².